The highest BCUT2D eigenvalue weighted by Gasteiger charge is 2.14. The molecule has 1 heterocycles. The normalized spacial score (nSPS) is 11.4. The third-order valence-electron chi connectivity index (χ3n) is 0.979. The summed E-state index contributed by atoms with van der Waals surface area (Å²) in [6.45, 7) is -3.79. The van der Waals surface area contributed by atoms with Gasteiger partial charge in [-0.05, 0) is 6.07 Å². The van der Waals surface area contributed by atoms with Gasteiger partial charge >= 0.3 is 6.72 Å². The molecule has 0 aliphatic rings. The SMILES string of the molecule is OP(O)(=S)Oc1ncc(Cl)cc1Cl. The van der Waals surface area contributed by atoms with E-state index in [2.05, 4.69) is 21.3 Å². The fourth-order valence-corrected chi connectivity index (χ4v) is 1.64. The van der Waals surface area contributed by atoms with Crippen LogP contribution in [-0.2, 0) is 11.8 Å². The van der Waals surface area contributed by atoms with Crippen LogP contribution in [0, 0.1) is 0 Å². The van der Waals surface area contributed by atoms with Gasteiger partial charge in [0.25, 0.3) is 0 Å². The van der Waals surface area contributed by atoms with Gasteiger partial charge in [-0.25, -0.2) is 4.98 Å². The molecule has 0 aliphatic carbocycles. The third kappa shape index (κ3) is 3.77. The minimum atomic E-state index is -3.79. The van der Waals surface area contributed by atoms with E-state index in [1.165, 1.54) is 12.3 Å². The van der Waals surface area contributed by atoms with Crippen molar-refractivity contribution in [3.63, 3.8) is 0 Å². The number of pyridine rings is 1. The summed E-state index contributed by atoms with van der Waals surface area (Å²) < 4.78 is 4.52. The van der Waals surface area contributed by atoms with Crippen molar-refractivity contribution < 1.29 is 14.3 Å². The lowest BCUT2D eigenvalue weighted by Gasteiger charge is -2.09. The van der Waals surface area contributed by atoms with E-state index in [0.717, 1.165) is 0 Å². The van der Waals surface area contributed by atoms with Gasteiger partial charge in [0.2, 0.25) is 5.88 Å². The first-order valence-corrected chi connectivity index (χ1v) is 6.33. The lowest BCUT2D eigenvalue weighted by Crippen LogP contribution is -1.92. The highest BCUT2D eigenvalue weighted by Crippen LogP contribution is 2.40. The maximum atomic E-state index is 8.79. The Morgan fingerprint density at radius 2 is 2.08 bits per heavy atom. The van der Waals surface area contributed by atoms with E-state index in [9.17, 15) is 0 Å². The monoisotopic (exact) mass is 259 g/mol. The fraction of sp³-hybridized carbons (Fsp3) is 0. The van der Waals surface area contributed by atoms with Crippen LogP contribution in [0.25, 0.3) is 0 Å². The Kier molecular flexibility index (Phi) is 3.51. The summed E-state index contributed by atoms with van der Waals surface area (Å²) in [5.41, 5.74) is 0. The average molecular weight is 260 g/mol. The molecule has 0 spiro atoms. The van der Waals surface area contributed by atoms with Gasteiger partial charge in [-0.3, -0.25) is 0 Å². The van der Waals surface area contributed by atoms with Crippen LogP contribution in [0.4, 0.5) is 0 Å². The molecule has 0 bridgehead atoms. The number of hydrogen-bond donors (Lipinski definition) is 2. The summed E-state index contributed by atoms with van der Waals surface area (Å²) in [7, 11) is 0. The standard InChI is InChI=1S/C5H4Cl2NO3PS/c6-3-1-4(7)5(8-2-3)11-12(9,10)13/h1-2H,(H2,9,10,13). The van der Waals surface area contributed by atoms with Gasteiger partial charge in [0, 0.05) is 18.0 Å². The molecule has 1 aromatic heterocycles. The Morgan fingerprint density at radius 1 is 1.46 bits per heavy atom. The molecule has 0 saturated carbocycles. The van der Waals surface area contributed by atoms with Crippen molar-refractivity contribution in [1.29, 1.82) is 0 Å². The number of nitrogens with zero attached hydrogens (tertiary/aromatic N) is 1. The molecule has 2 N–H and O–H groups in total. The van der Waals surface area contributed by atoms with E-state index in [1.807, 2.05) is 0 Å². The van der Waals surface area contributed by atoms with Gasteiger partial charge in [0.1, 0.15) is 5.02 Å². The second-order valence-corrected chi connectivity index (χ2v) is 5.46. The molecule has 1 rings (SSSR count). The van der Waals surface area contributed by atoms with E-state index in [1.54, 1.807) is 0 Å². The molecule has 8 heteroatoms. The second-order valence-electron chi connectivity index (χ2n) is 2.02. The molecule has 0 fully saturated rings. The lowest BCUT2D eigenvalue weighted by molar-refractivity contribution is 0.365. The van der Waals surface area contributed by atoms with Crippen LogP contribution in [0.15, 0.2) is 12.3 Å². The van der Waals surface area contributed by atoms with Gasteiger partial charge in [-0.1, -0.05) is 23.2 Å². The third-order valence-corrected chi connectivity index (χ3v) is 2.09. The molecule has 0 radical (unpaired) electrons. The largest absolute Gasteiger partial charge is 0.404 e. The molecule has 0 aliphatic heterocycles. The molecular formula is C5H4Cl2NO3PS. The van der Waals surface area contributed by atoms with E-state index in [4.69, 9.17) is 33.0 Å². The van der Waals surface area contributed by atoms with Crippen LogP contribution in [0.1, 0.15) is 0 Å². The highest BCUT2D eigenvalue weighted by atomic mass is 35.5. The van der Waals surface area contributed by atoms with Crippen LogP contribution >= 0.6 is 29.9 Å². The Hall–Kier alpha value is 0.100. The zero-order valence-corrected chi connectivity index (χ0v) is 9.24. The number of aromatic nitrogens is 1. The van der Waals surface area contributed by atoms with Crippen molar-refractivity contribution in [3.05, 3.63) is 22.3 Å². The summed E-state index contributed by atoms with van der Waals surface area (Å²) >= 11 is 15.4. The molecule has 72 valence electrons. The minimum absolute atomic E-state index is 0.0739. The molecule has 13 heavy (non-hydrogen) atoms. The summed E-state index contributed by atoms with van der Waals surface area (Å²) in [5, 5.41) is 0.395. The Morgan fingerprint density at radius 3 is 2.54 bits per heavy atom. The number of halogens is 2. The first kappa shape index (κ1) is 11.2. The van der Waals surface area contributed by atoms with E-state index < -0.39 is 6.72 Å². The van der Waals surface area contributed by atoms with Crippen molar-refractivity contribution in [3.8, 4) is 5.88 Å². The van der Waals surface area contributed by atoms with Gasteiger partial charge in [0.15, 0.2) is 0 Å². The van der Waals surface area contributed by atoms with E-state index in [-0.39, 0.29) is 10.9 Å². The van der Waals surface area contributed by atoms with Crippen molar-refractivity contribution >= 4 is 41.7 Å². The van der Waals surface area contributed by atoms with Crippen LogP contribution < -0.4 is 4.52 Å². The predicted octanol–water partition coefficient (Wildman–Crippen LogP) is 1.98. The van der Waals surface area contributed by atoms with Crippen molar-refractivity contribution in [2.45, 2.75) is 0 Å². The number of rotatable bonds is 2. The summed E-state index contributed by atoms with van der Waals surface area (Å²) in [6, 6.07) is 1.36. The zero-order chi connectivity index (χ0) is 10.1. The van der Waals surface area contributed by atoms with Crippen LogP contribution in [0.2, 0.25) is 10.0 Å². The first-order valence-electron chi connectivity index (χ1n) is 2.95. The molecule has 0 unspecified atom stereocenters. The summed E-state index contributed by atoms with van der Waals surface area (Å²) in [5.74, 6) is -0.139. The van der Waals surface area contributed by atoms with Crippen molar-refractivity contribution in [2.24, 2.45) is 0 Å². The predicted molar refractivity (Wildman–Crippen MR) is 53.6 cm³/mol. The summed E-state index contributed by atoms with van der Waals surface area (Å²) in [6.07, 6.45) is 1.26. The van der Waals surface area contributed by atoms with Crippen LogP contribution in [-0.4, -0.2) is 14.8 Å². The van der Waals surface area contributed by atoms with Gasteiger partial charge < -0.3 is 14.3 Å². The maximum Gasteiger partial charge on any atom is 0.376 e. The van der Waals surface area contributed by atoms with Gasteiger partial charge in [0.05, 0.1) is 5.02 Å². The van der Waals surface area contributed by atoms with Crippen molar-refractivity contribution in [1.82, 2.24) is 4.98 Å². The molecular weight excluding hydrogens is 256 g/mol. The molecule has 1 aromatic rings. The second kappa shape index (κ2) is 4.09. The zero-order valence-electron chi connectivity index (χ0n) is 6.02. The highest BCUT2D eigenvalue weighted by molar-refractivity contribution is 8.06. The van der Waals surface area contributed by atoms with E-state index >= 15 is 0 Å². The van der Waals surface area contributed by atoms with Crippen molar-refractivity contribution in [2.75, 3.05) is 0 Å². The fourth-order valence-electron chi connectivity index (χ4n) is 0.582. The average Bonchev–Trinajstić information content (AvgIpc) is 1.93. The Balaban J connectivity index is 2.97. The Bertz CT molecular complexity index is 369. The van der Waals surface area contributed by atoms with Crippen LogP contribution in [0.3, 0.4) is 0 Å². The topological polar surface area (TPSA) is 62.6 Å². The maximum absolute atomic E-state index is 8.79. The molecule has 0 saturated heterocycles. The lowest BCUT2D eigenvalue weighted by atomic mass is 10.5. The smallest absolute Gasteiger partial charge is 0.376 e. The first-order chi connectivity index (χ1) is 5.88. The van der Waals surface area contributed by atoms with Gasteiger partial charge in [-0.2, -0.15) is 0 Å². The van der Waals surface area contributed by atoms with Crippen LogP contribution in [0.5, 0.6) is 5.88 Å². The molecule has 0 aromatic carbocycles. The molecule has 4 nitrogen and oxygen atoms in total. The summed E-state index contributed by atoms with van der Waals surface area (Å²) in [4.78, 5) is 21.2. The minimum Gasteiger partial charge on any atom is -0.404 e. The van der Waals surface area contributed by atoms with Gasteiger partial charge in [-0.15, -0.1) is 0 Å². The molecule has 0 atom stereocenters. The molecule has 0 amide bonds. The van der Waals surface area contributed by atoms with E-state index in [0.29, 0.717) is 5.02 Å². The Labute approximate surface area is 89.3 Å². The number of hydrogen-bond acceptors (Lipinski definition) is 3. The quantitative estimate of drug-likeness (QED) is 0.796.